The van der Waals surface area contributed by atoms with Crippen molar-refractivity contribution in [1.82, 2.24) is 10.2 Å². The number of nitrogens with zero attached hydrogens (tertiary/aromatic N) is 1. The zero-order valence-electron chi connectivity index (χ0n) is 12.4. The predicted octanol–water partition coefficient (Wildman–Crippen LogP) is 1.89. The van der Waals surface area contributed by atoms with Crippen molar-refractivity contribution in [1.29, 1.82) is 0 Å². The van der Waals surface area contributed by atoms with E-state index in [4.69, 9.17) is 0 Å². The third-order valence-corrected chi connectivity index (χ3v) is 3.73. The molecule has 2 atom stereocenters. The highest BCUT2D eigenvalue weighted by atomic mass is 19.3. The van der Waals surface area contributed by atoms with Crippen LogP contribution < -0.4 is 5.32 Å². The minimum atomic E-state index is -2.31. The maximum absolute atomic E-state index is 12.3. The Morgan fingerprint density at radius 1 is 1.45 bits per heavy atom. The summed E-state index contributed by atoms with van der Waals surface area (Å²) in [6.07, 6.45) is 1.18. The van der Waals surface area contributed by atoms with Crippen LogP contribution in [0, 0.1) is 5.92 Å². The summed E-state index contributed by atoms with van der Waals surface area (Å²) in [7, 11) is 1.38. The number of rotatable bonds is 8. The minimum Gasteiger partial charge on any atom is -0.469 e. The molecule has 0 bridgehead atoms. The molecule has 0 aliphatic carbocycles. The Morgan fingerprint density at radius 2 is 2.20 bits per heavy atom. The van der Waals surface area contributed by atoms with Crippen molar-refractivity contribution in [3.63, 3.8) is 0 Å². The van der Waals surface area contributed by atoms with Gasteiger partial charge in [0.2, 0.25) is 0 Å². The van der Waals surface area contributed by atoms with Crippen LogP contribution in [0.1, 0.15) is 32.6 Å². The number of hydrogen-bond acceptors (Lipinski definition) is 4. The quantitative estimate of drug-likeness (QED) is 0.694. The lowest BCUT2D eigenvalue weighted by molar-refractivity contribution is -0.141. The average molecular weight is 292 g/mol. The van der Waals surface area contributed by atoms with Gasteiger partial charge in [0.1, 0.15) is 0 Å². The molecule has 0 saturated carbocycles. The summed E-state index contributed by atoms with van der Waals surface area (Å²) < 4.78 is 29.2. The molecule has 1 aliphatic rings. The summed E-state index contributed by atoms with van der Waals surface area (Å²) in [5.74, 6) is 0.293. The highest BCUT2D eigenvalue weighted by molar-refractivity contribution is 5.69. The van der Waals surface area contributed by atoms with E-state index >= 15 is 0 Å². The summed E-state index contributed by atoms with van der Waals surface area (Å²) in [6, 6.07) is 0.0898. The minimum absolute atomic E-state index is 0.0898. The number of carbonyl (C=O) groups is 1. The van der Waals surface area contributed by atoms with Crippen LogP contribution in [-0.4, -0.2) is 56.6 Å². The fraction of sp³-hybridized carbons (Fsp3) is 0.929. The molecule has 1 rings (SSSR count). The largest absolute Gasteiger partial charge is 0.469 e. The van der Waals surface area contributed by atoms with Crippen LogP contribution in [0.5, 0.6) is 0 Å². The number of methoxy groups -OCH3 is 1. The maximum atomic E-state index is 12.3. The molecule has 20 heavy (non-hydrogen) atoms. The van der Waals surface area contributed by atoms with Gasteiger partial charge in [0.25, 0.3) is 6.43 Å². The Bertz CT molecular complexity index is 290. The molecule has 0 aromatic heterocycles. The zero-order valence-corrected chi connectivity index (χ0v) is 12.4. The molecule has 6 heteroatoms. The molecule has 0 spiro atoms. The van der Waals surface area contributed by atoms with Gasteiger partial charge in [-0.1, -0.05) is 13.3 Å². The number of esters is 1. The van der Waals surface area contributed by atoms with Crippen LogP contribution in [0.4, 0.5) is 8.78 Å². The van der Waals surface area contributed by atoms with Crippen molar-refractivity contribution >= 4 is 5.97 Å². The smallest absolute Gasteiger partial charge is 0.306 e. The summed E-state index contributed by atoms with van der Waals surface area (Å²) >= 11 is 0. The highest BCUT2D eigenvalue weighted by Crippen LogP contribution is 2.21. The monoisotopic (exact) mass is 292 g/mol. The molecule has 0 amide bonds. The van der Waals surface area contributed by atoms with Gasteiger partial charge in [-0.15, -0.1) is 0 Å². The van der Waals surface area contributed by atoms with E-state index in [0.29, 0.717) is 18.9 Å². The number of likely N-dealkylation sites (tertiary alicyclic amines) is 1. The van der Waals surface area contributed by atoms with E-state index in [9.17, 15) is 13.6 Å². The van der Waals surface area contributed by atoms with Crippen LogP contribution in [0.2, 0.25) is 0 Å². The Labute approximate surface area is 119 Å². The molecule has 1 saturated heterocycles. The molecule has 1 heterocycles. The molecule has 1 aliphatic heterocycles. The first-order valence-electron chi connectivity index (χ1n) is 7.35. The van der Waals surface area contributed by atoms with Crippen molar-refractivity contribution in [2.75, 3.05) is 33.3 Å². The Morgan fingerprint density at radius 3 is 2.80 bits per heavy atom. The number of nitrogens with one attached hydrogen (secondary N) is 1. The van der Waals surface area contributed by atoms with Crippen LogP contribution >= 0.6 is 0 Å². The van der Waals surface area contributed by atoms with Crippen LogP contribution in [0.3, 0.4) is 0 Å². The topological polar surface area (TPSA) is 41.6 Å². The first kappa shape index (κ1) is 17.3. The van der Waals surface area contributed by atoms with Gasteiger partial charge in [0, 0.05) is 25.7 Å². The second-order valence-corrected chi connectivity index (χ2v) is 5.47. The number of piperidine rings is 1. The van der Waals surface area contributed by atoms with Gasteiger partial charge in [0.05, 0.1) is 20.1 Å². The second kappa shape index (κ2) is 9.23. The van der Waals surface area contributed by atoms with E-state index in [1.54, 1.807) is 0 Å². The standard InChI is InChI=1S/C14H26F2N2O2/c1-3-4-11-7-12(17-8-13(15)16)10-18(9-11)6-5-14(19)20-2/h11-13,17H,3-10H2,1-2H3. The van der Waals surface area contributed by atoms with Crippen LogP contribution in [0.25, 0.3) is 0 Å². The summed E-state index contributed by atoms with van der Waals surface area (Å²) in [5.41, 5.74) is 0. The van der Waals surface area contributed by atoms with Gasteiger partial charge in [-0.2, -0.15) is 0 Å². The van der Waals surface area contributed by atoms with Gasteiger partial charge < -0.3 is 15.0 Å². The van der Waals surface area contributed by atoms with E-state index in [2.05, 4.69) is 21.9 Å². The first-order valence-corrected chi connectivity index (χ1v) is 7.35. The summed E-state index contributed by atoms with van der Waals surface area (Å²) in [4.78, 5) is 13.4. The third kappa shape index (κ3) is 6.61. The second-order valence-electron chi connectivity index (χ2n) is 5.47. The van der Waals surface area contributed by atoms with E-state index in [1.165, 1.54) is 7.11 Å². The van der Waals surface area contributed by atoms with Crippen molar-refractivity contribution in [3.8, 4) is 0 Å². The van der Waals surface area contributed by atoms with Crippen LogP contribution in [-0.2, 0) is 9.53 Å². The molecule has 118 valence electrons. The van der Waals surface area contributed by atoms with E-state index in [-0.39, 0.29) is 18.6 Å². The molecule has 2 unspecified atom stereocenters. The van der Waals surface area contributed by atoms with Crippen molar-refractivity contribution in [3.05, 3.63) is 0 Å². The van der Waals surface area contributed by atoms with E-state index in [0.717, 1.165) is 32.4 Å². The molecular formula is C14H26F2N2O2. The fourth-order valence-electron chi connectivity index (χ4n) is 2.86. The molecule has 4 nitrogen and oxygen atoms in total. The number of alkyl halides is 2. The predicted molar refractivity (Wildman–Crippen MR) is 73.9 cm³/mol. The molecule has 0 radical (unpaired) electrons. The molecule has 1 fully saturated rings. The summed E-state index contributed by atoms with van der Waals surface area (Å²) in [5, 5.41) is 2.93. The van der Waals surface area contributed by atoms with Crippen LogP contribution in [0.15, 0.2) is 0 Å². The summed E-state index contributed by atoms with van der Waals surface area (Å²) in [6.45, 7) is 4.19. The van der Waals surface area contributed by atoms with E-state index < -0.39 is 6.43 Å². The van der Waals surface area contributed by atoms with Crippen molar-refractivity contribution in [2.24, 2.45) is 5.92 Å². The number of carbonyl (C=O) groups excluding carboxylic acids is 1. The Balaban J connectivity index is 2.44. The van der Waals surface area contributed by atoms with Gasteiger partial charge >= 0.3 is 5.97 Å². The number of hydrogen-bond donors (Lipinski definition) is 1. The lowest BCUT2D eigenvalue weighted by atomic mass is 9.90. The third-order valence-electron chi connectivity index (χ3n) is 3.73. The average Bonchev–Trinajstić information content (AvgIpc) is 2.42. The van der Waals surface area contributed by atoms with E-state index in [1.807, 2.05) is 0 Å². The zero-order chi connectivity index (χ0) is 15.0. The molecule has 1 N–H and O–H groups in total. The number of ether oxygens (including phenoxy) is 1. The Hall–Kier alpha value is -0.750. The van der Waals surface area contributed by atoms with Gasteiger partial charge in [-0.25, -0.2) is 8.78 Å². The molecular weight excluding hydrogens is 266 g/mol. The first-order chi connectivity index (χ1) is 9.55. The number of halogens is 2. The highest BCUT2D eigenvalue weighted by Gasteiger charge is 2.27. The maximum Gasteiger partial charge on any atom is 0.306 e. The van der Waals surface area contributed by atoms with Crippen molar-refractivity contribution in [2.45, 2.75) is 45.1 Å². The normalized spacial score (nSPS) is 24.1. The SMILES string of the molecule is CCCC1CC(NCC(F)F)CN(CCC(=O)OC)C1. The fourth-order valence-corrected chi connectivity index (χ4v) is 2.86. The Kier molecular flexibility index (Phi) is 7.99. The van der Waals surface area contributed by atoms with Gasteiger partial charge in [0.15, 0.2) is 0 Å². The lowest BCUT2D eigenvalue weighted by Crippen LogP contribution is -2.50. The van der Waals surface area contributed by atoms with Gasteiger partial charge in [-0.3, -0.25) is 4.79 Å². The van der Waals surface area contributed by atoms with Gasteiger partial charge in [-0.05, 0) is 18.8 Å². The molecule has 0 aromatic carbocycles. The molecule has 0 aromatic rings. The lowest BCUT2D eigenvalue weighted by Gasteiger charge is -2.38. The van der Waals surface area contributed by atoms with Crippen molar-refractivity contribution < 1.29 is 18.3 Å².